The van der Waals surface area contributed by atoms with Crippen LogP contribution in [0.4, 0.5) is 0 Å². The number of carbonyl (C=O) groups is 2. The second-order valence-electron chi connectivity index (χ2n) is 3.59. The third-order valence-electron chi connectivity index (χ3n) is 1.72. The third kappa shape index (κ3) is 3.30. The van der Waals surface area contributed by atoms with Gasteiger partial charge in [0.2, 0.25) is 5.91 Å². The van der Waals surface area contributed by atoms with Gasteiger partial charge in [-0.2, -0.15) is 5.21 Å². The summed E-state index contributed by atoms with van der Waals surface area (Å²) in [5, 5.41) is 17.5. The Balaban J connectivity index is 2.48. The second kappa shape index (κ2) is 5.19. The van der Waals surface area contributed by atoms with Crippen LogP contribution in [-0.4, -0.2) is 44.5 Å². The van der Waals surface area contributed by atoms with Crippen molar-refractivity contribution in [2.75, 3.05) is 0 Å². The quantitative estimate of drug-likeness (QED) is 0.599. The number of amides is 2. The molecule has 8 nitrogen and oxygen atoms in total. The number of aromatic nitrogens is 4. The van der Waals surface area contributed by atoms with Crippen molar-refractivity contribution in [3.8, 4) is 0 Å². The predicted octanol–water partition coefficient (Wildman–Crippen LogP) is -1.16. The van der Waals surface area contributed by atoms with E-state index in [0.29, 0.717) is 0 Å². The van der Waals surface area contributed by atoms with Gasteiger partial charge < -0.3 is 10.6 Å². The van der Waals surface area contributed by atoms with Crippen LogP contribution in [0.2, 0.25) is 0 Å². The zero-order valence-corrected chi connectivity index (χ0v) is 9.31. The molecule has 1 heterocycles. The molecule has 0 bridgehead atoms. The maximum Gasteiger partial charge on any atom is 0.293 e. The lowest BCUT2D eigenvalue weighted by molar-refractivity contribution is -0.123. The van der Waals surface area contributed by atoms with Crippen LogP contribution in [0.25, 0.3) is 0 Å². The molecular weight excluding hydrogens is 212 g/mol. The Hall–Kier alpha value is -1.99. The molecule has 0 saturated carbocycles. The molecular formula is C8H14N6O2. The SMILES string of the molecule is CC(C)NC(=O)C(C)NC(=O)c1nn[nH]n1. The summed E-state index contributed by atoms with van der Waals surface area (Å²) in [6.07, 6.45) is 0. The standard InChI is InChI=1S/C8H14N6O2/c1-4(2)9-7(15)5(3)10-8(16)6-11-13-14-12-6/h4-5H,1-3H3,(H,9,15)(H,10,16)(H,11,12,13,14). The van der Waals surface area contributed by atoms with Crippen molar-refractivity contribution >= 4 is 11.8 Å². The molecule has 3 N–H and O–H groups in total. The Morgan fingerprint density at radius 1 is 1.25 bits per heavy atom. The summed E-state index contributed by atoms with van der Waals surface area (Å²) in [4.78, 5) is 22.9. The van der Waals surface area contributed by atoms with Gasteiger partial charge in [-0.05, 0) is 26.0 Å². The number of H-pyrrole nitrogens is 1. The molecule has 0 fully saturated rings. The summed E-state index contributed by atoms with van der Waals surface area (Å²) in [5.41, 5.74) is 0. The Labute approximate surface area is 92.2 Å². The molecule has 88 valence electrons. The van der Waals surface area contributed by atoms with Crippen molar-refractivity contribution in [3.63, 3.8) is 0 Å². The Kier molecular flexibility index (Phi) is 3.92. The predicted molar refractivity (Wildman–Crippen MR) is 54.4 cm³/mol. The van der Waals surface area contributed by atoms with E-state index in [0.717, 1.165) is 0 Å². The van der Waals surface area contributed by atoms with Gasteiger partial charge >= 0.3 is 0 Å². The molecule has 1 atom stereocenters. The highest BCUT2D eigenvalue weighted by atomic mass is 16.2. The van der Waals surface area contributed by atoms with E-state index in [1.807, 2.05) is 13.8 Å². The third-order valence-corrected chi connectivity index (χ3v) is 1.72. The summed E-state index contributed by atoms with van der Waals surface area (Å²) >= 11 is 0. The van der Waals surface area contributed by atoms with Gasteiger partial charge in [-0.25, -0.2) is 0 Å². The lowest BCUT2D eigenvalue weighted by atomic mass is 10.3. The maximum absolute atomic E-state index is 11.5. The van der Waals surface area contributed by atoms with E-state index in [4.69, 9.17) is 0 Å². The van der Waals surface area contributed by atoms with E-state index in [9.17, 15) is 9.59 Å². The molecule has 16 heavy (non-hydrogen) atoms. The minimum absolute atomic E-state index is 0.0250. The van der Waals surface area contributed by atoms with Gasteiger partial charge in [0.1, 0.15) is 6.04 Å². The first-order valence-electron chi connectivity index (χ1n) is 4.85. The molecule has 1 aromatic heterocycles. The summed E-state index contributed by atoms with van der Waals surface area (Å²) in [5.74, 6) is -0.892. The van der Waals surface area contributed by atoms with E-state index in [1.165, 1.54) is 0 Å². The van der Waals surface area contributed by atoms with E-state index in [-0.39, 0.29) is 17.8 Å². The van der Waals surface area contributed by atoms with Crippen molar-refractivity contribution in [3.05, 3.63) is 5.82 Å². The fraction of sp³-hybridized carbons (Fsp3) is 0.625. The molecule has 2 amide bonds. The van der Waals surface area contributed by atoms with Gasteiger partial charge in [0, 0.05) is 6.04 Å². The zero-order valence-electron chi connectivity index (χ0n) is 9.31. The van der Waals surface area contributed by atoms with Gasteiger partial charge in [-0.15, -0.1) is 10.2 Å². The molecule has 0 aliphatic carbocycles. The number of carbonyl (C=O) groups excluding carboxylic acids is 2. The van der Waals surface area contributed by atoms with Gasteiger partial charge in [0.15, 0.2) is 0 Å². The van der Waals surface area contributed by atoms with Crippen molar-refractivity contribution in [2.24, 2.45) is 0 Å². The van der Waals surface area contributed by atoms with Crippen LogP contribution in [0.15, 0.2) is 0 Å². The molecule has 0 aliphatic rings. The first kappa shape index (κ1) is 12.1. The Morgan fingerprint density at radius 3 is 2.44 bits per heavy atom. The normalized spacial score (nSPS) is 12.2. The smallest absolute Gasteiger partial charge is 0.293 e. The first-order chi connectivity index (χ1) is 7.50. The number of hydrogen-bond donors (Lipinski definition) is 3. The van der Waals surface area contributed by atoms with Crippen molar-refractivity contribution in [1.82, 2.24) is 31.3 Å². The summed E-state index contributed by atoms with van der Waals surface area (Å²) < 4.78 is 0. The fourth-order valence-electron chi connectivity index (χ4n) is 0.994. The van der Waals surface area contributed by atoms with Crippen LogP contribution >= 0.6 is 0 Å². The van der Waals surface area contributed by atoms with Crippen LogP contribution in [0.5, 0.6) is 0 Å². The molecule has 0 saturated heterocycles. The molecule has 1 aromatic rings. The fourth-order valence-corrected chi connectivity index (χ4v) is 0.994. The number of nitrogens with one attached hydrogen (secondary N) is 3. The minimum atomic E-state index is -0.645. The summed E-state index contributed by atoms with van der Waals surface area (Å²) in [6, 6.07) is -0.620. The highest BCUT2D eigenvalue weighted by Gasteiger charge is 2.19. The number of aromatic amines is 1. The minimum Gasteiger partial charge on any atom is -0.352 e. The highest BCUT2D eigenvalue weighted by molar-refractivity contribution is 5.94. The summed E-state index contributed by atoms with van der Waals surface area (Å²) in [6.45, 7) is 5.26. The van der Waals surface area contributed by atoms with Crippen LogP contribution in [0.3, 0.4) is 0 Å². The number of nitrogens with zero attached hydrogens (tertiary/aromatic N) is 3. The Bertz CT molecular complexity index is 361. The number of hydrogen-bond acceptors (Lipinski definition) is 5. The highest BCUT2D eigenvalue weighted by Crippen LogP contribution is 1.89. The van der Waals surface area contributed by atoms with E-state index in [2.05, 4.69) is 31.3 Å². The van der Waals surface area contributed by atoms with Gasteiger partial charge in [0.25, 0.3) is 11.7 Å². The van der Waals surface area contributed by atoms with E-state index in [1.54, 1.807) is 6.92 Å². The van der Waals surface area contributed by atoms with Gasteiger partial charge in [0.05, 0.1) is 0 Å². The zero-order chi connectivity index (χ0) is 12.1. The molecule has 0 spiro atoms. The largest absolute Gasteiger partial charge is 0.352 e. The first-order valence-corrected chi connectivity index (χ1v) is 4.85. The number of tetrazole rings is 1. The Morgan fingerprint density at radius 2 is 1.94 bits per heavy atom. The van der Waals surface area contributed by atoms with Gasteiger partial charge in [-0.3, -0.25) is 9.59 Å². The molecule has 0 aromatic carbocycles. The average molecular weight is 226 g/mol. The van der Waals surface area contributed by atoms with Crippen molar-refractivity contribution < 1.29 is 9.59 Å². The van der Waals surface area contributed by atoms with Crippen LogP contribution in [0.1, 0.15) is 31.4 Å². The topological polar surface area (TPSA) is 113 Å². The average Bonchev–Trinajstić information content (AvgIpc) is 2.68. The second-order valence-corrected chi connectivity index (χ2v) is 3.59. The van der Waals surface area contributed by atoms with Crippen LogP contribution in [-0.2, 0) is 4.79 Å². The van der Waals surface area contributed by atoms with Crippen molar-refractivity contribution in [2.45, 2.75) is 32.9 Å². The molecule has 0 radical (unpaired) electrons. The molecule has 0 aliphatic heterocycles. The maximum atomic E-state index is 11.5. The molecule has 1 unspecified atom stereocenters. The van der Waals surface area contributed by atoms with Crippen molar-refractivity contribution in [1.29, 1.82) is 0 Å². The number of rotatable bonds is 4. The molecule has 8 heteroatoms. The van der Waals surface area contributed by atoms with Crippen LogP contribution < -0.4 is 10.6 Å². The van der Waals surface area contributed by atoms with E-state index >= 15 is 0 Å². The van der Waals surface area contributed by atoms with E-state index < -0.39 is 11.9 Å². The lowest BCUT2D eigenvalue weighted by Gasteiger charge is -2.14. The monoisotopic (exact) mass is 226 g/mol. The van der Waals surface area contributed by atoms with Crippen LogP contribution in [0, 0.1) is 0 Å². The lowest BCUT2D eigenvalue weighted by Crippen LogP contribution is -2.47. The van der Waals surface area contributed by atoms with Gasteiger partial charge in [-0.1, -0.05) is 0 Å². The summed E-state index contributed by atoms with van der Waals surface area (Å²) in [7, 11) is 0. The molecule has 1 rings (SSSR count).